The number of esters is 2. The quantitative estimate of drug-likeness (QED) is 0.560. The molecule has 0 bridgehead atoms. The molecule has 0 aromatic heterocycles. The molecule has 0 aliphatic heterocycles. The molecule has 6 heteroatoms. The maximum Gasteiger partial charge on any atom is 0.344 e. The molecule has 0 saturated heterocycles. The van der Waals surface area contributed by atoms with E-state index in [4.69, 9.17) is 14.2 Å². The van der Waals surface area contributed by atoms with E-state index in [0.29, 0.717) is 29.1 Å². The van der Waals surface area contributed by atoms with Gasteiger partial charge in [-0.2, -0.15) is 0 Å². The fourth-order valence-electron chi connectivity index (χ4n) is 3.59. The van der Waals surface area contributed by atoms with Crippen molar-refractivity contribution in [1.82, 2.24) is 0 Å². The summed E-state index contributed by atoms with van der Waals surface area (Å²) >= 11 is 0. The summed E-state index contributed by atoms with van der Waals surface area (Å²) in [5.41, 5.74) is 0.658. The van der Waals surface area contributed by atoms with E-state index in [0.717, 1.165) is 19.3 Å². The van der Waals surface area contributed by atoms with Crippen LogP contribution in [0.4, 0.5) is 0 Å². The summed E-state index contributed by atoms with van der Waals surface area (Å²) in [6, 6.07) is 4.69. The minimum Gasteiger partial charge on any atom is -0.504 e. The molecular weight excluding hydrogens is 360 g/mol. The first-order valence-electron chi connectivity index (χ1n) is 9.71. The molecule has 1 aliphatic rings. The van der Waals surface area contributed by atoms with Gasteiger partial charge in [0.15, 0.2) is 18.1 Å². The topological polar surface area (TPSA) is 82.1 Å². The zero-order chi connectivity index (χ0) is 20.7. The standard InChI is InChI=1S/C22H30O6/c1-14(2)17-8-5-15(3)11-19(17)28-22(25)13-27-21(24)10-7-16-6-9-18(23)20(12-16)26-4/h6-7,9-10,12,14-15,17,19,23H,5,8,11,13H2,1-4H3/b10-7+/t15-,17-,19+/m0/s1. The Labute approximate surface area is 166 Å². The van der Waals surface area contributed by atoms with E-state index in [-0.39, 0.29) is 11.9 Å². The molecule has 0 unspecified atom stereocenters. The van der Waals surface area contributed by atoms with Crippen LogP contribution in [-0.2, 0) is 19.1 Å². The van der Waals surface area contributed by atoms with Gasteiger partial charge in [0.2, 0.25) is 0 Å². The van der Waals surface area contributed by atoms with E-state index in [1.165, 1.54) is 25.3 Å². The van der Waals surface area contributed by atoms with Crippen LogP contribution in [-0.4, -0.2) is 36.9 Å². The molecular formula is C22H30O6. The van der Waals surface area contributed by atoms with Crippen molar-refractivity contribution in [3.05, 3.63) is 29.8 Å². The molecule has 1 aromatic rings. The van der Waals surface area contributed by atoms with Crippen LogP contribution in [0, 0.1) is 17.8 Å². The Morgan fingerprint density at radius 3 is 2.71 bits per heavy atom. The second-order valence-corrected chi connectivity index (χ2v) is 7.73. The zero-order valence-corrected chi connectivity index (χ0v) is 17.0. The van der Waals surface area contributed by atoms with Crippen molar-refractivity contribution in [2.75, 3.05) is 13.7 Å². The first-order valence-corrected chi connectivity index (χ1v) is 9.71. The summed E-state index contributed by atoms with van der Waals surface area (Å²) in [4.78, 5) is 24.0. The van der Waals surface area contributed by atoms with Crippen molar-refractivity contribution in [1.29, 1.82) is 0 Å². The van der Waals surface area contributed by atoms with Crippen molar-refractivity contribution in [3.8, 4) is 11.5 Å². The molecule has 6 nitrogen and oxygen atoms in total. The highest BCUT2D eigenvalue weighted by atomic mass is 16.6. The maximum absolute atomic E-state index is 12.1. The number of benzene rings is 1. The van der Waals surface area contributed by atoms with E-state index in [2.05, 4.69) is 20.8 Å². The molecule has 1 fully saturated rings. The first kappa shape index (κ1) is 21.8. The number of hydrogen-bond acceptors (Lipinski definition) is 6. The fourth-order valence-corrected chi connectivity index (χ4v) is 3.59. The average molecular weight is 390 g/mol. The van der Waals surface area contributed by atoms with Crippen LogP contribution in [0.2, 0.25) is 0 Å². The largest absolute Gasteiger partial charge is 0.504 e. The predicted octanol–water partition coefficient (Wildman–Crippen LogP) is 3.96. The maximum atomic E-state index is 12.1. The highest BCUT2D eigenvalue weighted by Gasteiger charge is 2.33. The minimum absolute atomic E-state index is 0.0155. The predicted molar refractivity (Wildman–Crippen MR) is 106 cm³/mol. The molecule has 1 saturated carbocycles. The van der Waals surface area contributed by atoms with Crippen molar-refractivity contribution < 1.29 is 28.9 Å². The van der Waals surface area contributed by atoms with Gasteiger partial charge in [0.25, 0.3) is 0 Å². The molecule has 154 valence electrons. The lowest BCUT2D eigenvalue weighted by atomic mass is 9.75. The van der Waals surface area contributed by atoms with E-state index in [1.54, 1.807) is 12.1 Å². The van der Waals surface area contributed by atoms with Crippen molar-refractivity contribution in [2.45, 2.75) is 46.1 Å². The molecule has 0 spiro atoms. The van der Waals surface area contributed by atoms with Gasteiger partial charge in [0.05, 0.1) is 7.11 Å². The Balaban J connectivity index is 1.84. The van der Waals surface area contributed by atoms with E-state index < -0.39 is 18.5 Å². The smallest absolute Gasteiger partial charge is 0.344 e. The van der Waals surface area contributed by atoms with Crippen LogP contribution in [0.15, 0.2) is 24.3 Å². The average Bonchev–Trinajstić information content (AvgIpc) is 2.65. The third-order valence-corrected chi connectivity index (χ3v) is 5.19. The second-order valence-electron chi connectivity index (χ2n) is 7.73. The summed E-state index contributed by atoms with van der Waals surface area (Å²) in [5.74, 6) is 0.486. The summed E-state index contributed by atoms with van der Waals surface area (Å²) in [6.45, 7) is 6.05. The monoisotopic (exact) mass is 390 g/mol. The number of ether oxygens (including phenoxy) is 3. The first-order chi connectivity index (χ1) is 13.3. The number of rotatable bonds is 7. The van der Waals surface area contributed by atoms with Gasteiger partial charge in [-0.05, 0) is 54.4 Å². The Kier molecular flexibility index (Phi) is 7.91. The summed E-state index contributed by atoms with van der Waals surface area (Å²) in [7, 11) is 1.44. The lowest BCUT2D eigenvalue weighted by Crippen LogP contribution is -2.36. The van der Waals surface area contributed by atoms with Gasteiger partial charge >= 0.3 is 11.9 Å². The minimum atomic E-state index is -0.638. The molecule has 0 heterocycles. The van der Waals surface area contributed by atoms with Crippen LogP contribution in [0.1, 0.15) is 45.6 Å². The van der Waals surface area contributed by atoms with Crippen molar-refractivity contribution in [2.24, 2.45) is 17.8 Å². The number of aromatic hydroxyl groups is 1. The number of methoxy groups -OCH3 is 1. The van der Waals surface area contributed by atoms with Crippen LogP contribution >= 0.6 is 0 Å². The third-order valence-electron chi connectivity index (χ3n) is 5.19. The van der Waals surface area contributed by atoms with Gasteiger partial charge in [-0.1, -0.05) is 33.3 Å². The highest BCUT2D eigenvalue weighted by molar-refractivity contribution is 5.88. The third kappa shape index (κ3) is 6.29. The molecule has 1 N–H and O–H groups in total. The number of hydrogen-bond donors (Lipinski definition) is 1. The van der Waals surface area contributed by atoms with Crippen molar-refractivity contribution in [3.63, 3.8) is 0 Å². The van der Waals surface area contributed by atoms with Gasteiger partial charge in [-0.25, -0.2) is 9.59 Å². The fraction of sp³-hybridized carbons (Fsp3) is 0.545. The number of phenols is 1. The molecule has 2 rings (SSSR count). The molecule has 3 atom stereocenters. The second kappa shape index (κ2) is 10.2. The Morgan fingerprint density at radius 2 is 2.04 bits per heavy atom. The Hall–Kier alpha value is -2.50. The van der Waals surface area contributed by atoms with Crippen LogP contribution in [0.3, 0.4) is 0 Å². The lowest BCUT2D eigenvalue weighted by Gasteiger charge is -2.36. The zero-order valence-electron chi connectivity index (χ0n) is 17.0. The van der Waals surface area contributed by atoms with Crippen molar-refractivity contribution >= 4 is 18.0 Å². The van der Waals surface area contributed by atoms with Gasteiger partial charge in [-0.3, -0.25) is 0 Å². The Morgan fingerprint density at radius 1 is 1.29 bits per heavy atom. The van der Waals surface area contributed by atoms with Gasteiger partial charge in [-0.15, -0.1) is 0 Å². The van der Waals surface area contributed by atoms with E-state index in [1.807, 2.05) is 0 Å². The molecule has 1 aromatic carbocycles. The molecule has 0 radical (unpaired) electrons. The molecule has 1 aliphatic carbocycles. The summed E-state index contributed by atoms with van der Waals surface area (Å²) in [5, 5.41) is 9.57. The molecule has 28 heavy (non-hydrogen) atoms. The lowest BCUT2D eigenvalue weighted by molar-refractivity contribution is -0.165. The van der Waals surface area contributed by atoms with E-state index in [9.17, 15) is 14.7 Å². The van der Waals surface area contributed by atoms with E-state index >= 15 is 0 Å². The van der Waals surface area contributed by atoms with Gasteiger partial charge in [0, 0.05) is 6.08 Å². The van der Waals surface area contributed by atoms with Crippen LogP contribution in [0.25, 0.3) is 6.08 Å². The highest BCUT2D eigenvalue weighted by Crippen LogP contribution is 2.35. The molecule has 0 amide bonds. The van der Waals surface area contributed by atoms with Gasteiger partial charge in [0.1, 0.15) is 6.10 Å². The summed E-state index contributed by atoms with van der Waals surface area (Å²) in [6.07, 6.45) is 5.68. The Bertz CT molecular complexity index is 709. The SMILES string of the molecule is COc1cc(/C=C/C(=O)OCC(=O)O[C@@H]2C[C@@H](C)CC[C@H]2C(C)C)ccc1O. The van der Waals surface area contributed by atoms with Crippen LogP contribution < -0.4 is 4.74 Å². The number of carbonyl (C=O) groups is 2. The summed E-state index contributed by atoms with van der Waals surface area (Å²) < 4.78 is 15.6. The number of carbonyl (C=O) groups excluding carboxylic acids is 2. The number of phenolic OH excluding ortho intramolecular Hbond substituents is 1. The van der Waals surface area contributed by atoms with Gasteiger partial charge < -0.3 is 19.3 Å². The normalized spacial score (nSPS) is 22.2. The van der Waals surface area contributed by atoms with Crippen LogP contribution in [0.5, 0.6) is 11.5 Å².